The normalized spacial score (nSPS) is 19.7. The van der Waals surface area contributed by atoms with E-state index in [2.05, 4.69) is 27.4 Å². The molecular weight excluding hydrogens is 492 g/mol. The number of hydrogen-bond acceptors (Lipinski definition) is 6. The van der Waals surface area contributed by atoms with Crippen molar-refractivity contribution < 1.29 is 28.6 Å². The van der Waals surface area contributed by atoms with E-state index in [1.54, 1.807) is 0 Å². The Morgan fingerprint density at radius 1 is 0.795 bits per heavy atom. The number of hydrogen-bond donors (Lipinski definition) is 0. The van der Waals surface area contributed by atoms with Crippen LogP contribution in [0.5, 0.6) is 0 Å². The highest BCUT2D eigenvalue weighted by molar-refractivity contribution is 5.92. The average Bonchev–Trinajstić information content (AvgIpc) is 2.94. The molecule has 0 saturated heterocycles. The lowest BCUT2D eigenvalue weighted by Crippen LogP contribution is -2.55. The summed E-state index contributed by atoms with van der Waals surface area (Å²) in [5.41, 5.74) is -1.64. The Kier molecular flexibility index (Phi) is 19.8. The van der Waals surface area contributed by atoms with Crippen molar-refractivity contribution in [1.82, 2.24) is 0 Å². The van der Waals surface area contributed by atoms with Gasteiger partial charge in [0.15, 0.2) is 0 Å². The molecule has 1 rings (SSSR count). The summed E-state index contributed by atoms with van der Waals surface area (Å²) < 4.78 is 17.1. The Hall–Kier alpha value is -1.85. The second-order valence-electron chi connectivity index (χ2n) is 11.4. The fraction of sp³-hybridized carbons (Fsp3) is 0.848. The van der Waals surface area contributed by atoms with E-state index in [4.69, 9.17) is 14.2 Å². The summed E-state index contributed by atoms with van der Waals surface area (Å²) in [5, 5.41) is 0. The lowest BCUT2D eigenvalue weighted by atomic mass is 9.75. The smallest absolute Gasteiger partial charge is 0.351 e. The molecule has 39 heavy (non-hydrogen) atoms. The zero-order valence-corrected chi connectivity index (χ0v) is 25.4. The minimum Gasteiger partial charge on any atom is -0.465 e. The van der Waals surface area contributed by atoms with E-state index < -0.39 is 29.4 Å². The number of carbonyl (C=O) groups excluding carboxylic acids is 3. The van der Waals surface area contributed by atoms with Crippen LogP contribution in [0.25, 0.3) is 0 Å². The highest BCUT2D eigenvalue weighted by Gasteiger charge is 2.55. The molecule has 3 unspecified atom stereocenters. The van der Waals surface area contributed by atoms with Gasteiger partial charge in [0.05, 0.1) is 13.2 Å². The highest BCUT2D eigenvalue weighted by Crippen LogP contribution is 2.39. The van der Waals surface area contributed by atoms with Crippen LogP contribution in [0.4, 0.5) is 0 Å². The van der Waals surface area contributed by atoms with Crippen molar-refractivity contribution >= 4 is 17.9 Å². The summed E-state index contributed by atoms with van der Waals surface area (Å²) >= 11 is 0. The van der Waals surface area contributed by atoms with Gasteiger partial charge in [-0.2, -0.15) is 0 Å². The van der Waals surface area contributed by atoms with Crippen molar-refractivity contribution in [2.45, 2.75) is 155 Å². The maximum absolute atomic E-state index is 13.5. The lowest BCUT2D eigenvalue weighted by molar-refractivity contribution is -0.199. The standard InChI is InChI=1S/C33H58O6/c1-5-9-11-12-13-14-15-16-17-21-26-37-31(35)29-24-19-20-25-33(29,39-30(34)8-4)32(36)38-27-28(22-7-3)23-18-10-6-2/h8,28-29H,4-7,9-27H2,1-3H3. The predicted molar refractivity (Wildman–Crippen MR) is 157 cm³/mol. The van der Waals surface area contributed by atoms with Gasteiger partial charge in [-0.25, -0.2) is 9.59 Å². The first-order valence-electron chi connectivity index (χ1n) is 16.1. The van der Waals surface area contributed by atoms with E-state index in [0.29, 0.717) is 19.4 Å². The zero-order valence-electron chi connectivity index (χ0n) is 25.4. The van der Waals surface area contributed by atoms with Gasteiger partial charge >= 0.3 is 17.9 Å². The van der Waals surface area contributed by atoms with Crippen LogP contribution >= 0.6 is 0 Å². The topological polar surface area (TPSA) is 78.9 Å². The molecule has 0 radical (unpaired) electrons. The molecule has 1 aliphatic rings. The molecule has 0 amide bonds. The van der Waals surface area contributed by atoms with Gasteiger partial charge in [0.1, 0.15) is 5.92 Å². The summed E-state index contributed by atoms with van der Waals surface area (Å²) in [6.07, 6.45) is 21.6. The summed E-state index contributed by atoms with van der Waals surface area (Å²) in [5.74, 6) is -2.38. The maximum Gasteiger partial charge on any atom is 0.351 e. The van der Waals surface area contributed by atoms with Crippen molar-refractivity contribution in [3.63, 3.8) is 0 Å². The Morgan fingerprint density at radius 3 is 2.03 bits per heavy atom. The molecule has 226 valence electrons. The van der Waals surface area contributed by atoms with Gasteiger partial charge in [-0.3, -0.25) is 4.79 Å². The van der Waals surface area contributed by atoms with E-state index >= 15 is 0 Å². The molecule has 0 spiro atoms. The average molecular weight is 551 g/mol. The minimum absolute atomic E-state index is 0.262. The number of rotatable bonds is 23. The van der Waals surface area contributed by atoms with E-state index in [1.165, 1.54) is 44.9 Å². The molecule has 0 aromatic carbocycles. The minimum atomic E-state index is -1.64. The van der Waals surface area contributed by atoms with Crippen molar-refractivity contribution in [1.29, 1.82) is 0 Å². The number of unbranched alkanes of at least 4 members (excludes halogenated alkanes) is 11. The van der Waals surface area contributed by atoms with Gasteiger partial charge in [0.25, 0.3) is 0 Å². The molecule has 6 nitrogen and oxygen atoms in total. The Morgan fingerprint density at radius 2 is 1.41 bits per heavy atom. The van der Waals surface area contributed by atoms with Crippen LogP contribution < -0.4 is 0 Å². The highest BCUT2D eigenvalue weighted by atomic mass is 16.6. The van der Waals surface area contributed by atoms with Gasteiger partial charge in [-0.05, 0) is 44.4 Å². The summed E-state index contributed by atoms with van der Waals surface area (Å²) in [6.45, 7) is 10.6. The van der Waals surface area contributed by atoms with Gasteiger partial charge in [-0.1, -0.05) is 117 Å². The van der Waals surface area contributed by atoms with Crippen LogP contribution in [0, 0.1) is 11.8 Å². The predicted octanol–water partition coefficient (Wildman–Crippen LogP) is 8.65. The van der Waals surface area contributed by atoms with E-state index in [9.17, 15) is 14.4 Å². The SMILES string of the molecule is C=CC(=O)OC1(C(=O)OCC(CCC)CCCCC)CCCCC1C(=O)OCCCCCCCCCCCC. The van der Waals surface area contributed by atoms with Gasteiger partial charge in [-0.15, -0.1) is 0 Å². The Labute approximate surface area is 239 Å². The Balaban J connectivity index is 2.68. The summed E-state index contributed by atoms with van der Waals surface area (Å²) in [4.78, 5) is 39.1. The molecule has 0 bridgehead atoms. The van der Waals surface area contributed by atoms with E-state index in [0.717, 1.165) is 70.3 Å². The molecule has 0 heterocycles. The second kappa shape index (κ2) is 21.9. The van der Waals surface area contributed by atoms with Crippen LogP contribution in [0.2, 0.25) is 0 Å². The number of ether oxygens (including phenoxy) is 3. The summed E-state index contributed by atoms with van der Waals surface area (Å²) in [6, 6.07) is 0. The third-order valence-electron chi connectivity index (χ3n) is 8.04. The molecule has 0 N–H and O–H groups in total. The number of carbonyl (C=O) groups is 3. The summed E-state index contributed by atoms with van der Waals surface area (Å²) in [7, 11) is 0. The first kappa shape index (κ1) is 35.2. The van der Waals surface area contributed by atoms with E-state index in [-0.39, 0.29) is 18.9 Å². The monoisotopic (exact) mass is 550 g/mol. The molecule has 3 atom stereocenters. The third-order valence-corrected chi connectivity index (χ3v) is 8.04. The van der Waals surface area contributed by atoms with Crippen LogP contribution in [0.3, 0.4) is 0 Å². The van der Waals surface area contributed by atoms with Gasteiger partial charge < -0.3 is 14.2 Å². The molecule has 1 saturated carbocycles. The molecule has 1 aliphatic carbocycles. The van der Waals surface area contributed by atoms with E-state index in [1.807, 2.05) is 0 Å². The van der Waals surface area contributed by atoms with Gasteiger partial charge in [0.2, 0.25) is 5.60 Å². The van der Waals surface area contributed by atoms with Crippen LogP contribution in [-0.4, -0.2) is 36.7 Å². The Bertz CT molecular complexity index is 690. The molecule has 6 heteroatoms. The third kappa shape index (κ3) is 13.9. The molecule has 0 aromatic rings. The van der Waals surface area contributed by atoms with Crippen molar-refractivity contribution in [2.75, 3.05) is 13.2 Å². The van der Waals surface area contributed by atoms with Crippen LogP contribution in [0.15, 0.2) is 12.7 Å². The molecule has 0 aliphatic heterocycles. The fourth-order valence-corrected chi connectivity index (χ4v) is 5.66. The van der Waals surface area contributed by atoms with Crippen LogP contribution in [0.1, 0.15) is 149 Å². The fourth-order valence-electron chi connectivity index (χ4n) is 5.66. The zero-order chi connectivity index (χ0) is 28.8. The number of esters is 3. The first-order chi connectivity index (χ1) is 18.9. The van der Waals surface area contributed by atoms with Gasteiger partial charge in [0, 0.05) is 6.08 Å². The largest absolute Gasteiger partial charge is 0.465 e. The maximum atomic E-state index is 13.5. The van der Waals surface area contributed by atoms with Crippen molar-refractivity contribution in [3.8, 4) is 0 Å². The molecular formula is C33H58O6. The molecule has 0 aromatic heterocycles. The second-order valence-corrected chi connectivity index (χ2v) is 11.4. The molecule has 1 fully saturated rings. The first-order valence-corrected chi connectivity index (χ1v) is 16.1. The van der Waals surface area contributed by atoms with Crippen molar-refractivity contribution in [2.24, 2.45) is 11.8 Å². The lowest BCUT2D eigenvalue weighted by Gasteiger charge is -2.39. The van der Waals surface area contributed by atoms with Crippen LogP contribution in [-0.2, 0) is 28.6 Å². The van der Waals surface area contributed by atoms with Crippen molar-refractivity contribution in [3.05, 3.63) is 12.7 Å². The quantitative estimate of drug-likeness (QED) is 0.0548.